The van der Waals surface area contributed by atoms with Crippen LogP contribution < -0.4 is 5.48 Å². The Labute approximate surface area is 93.3 Å². The summed E-state index contributed by atoms with van der Waals surface area (Å²) < 4.78 is 5.36. The minimum Gasteiger partial charge on any atom is -0.479 e. The van der Waals surface area contributed by atoms with Gasteiger partial charge >= 0.3 is 12.0 Å². The van der Waals surface area contributed by atoms with Crippen LogP contribution in [0.5, 0.6) is 0 Å². The highest BCUT2D eigenvalue weighted by molar-refractivity contribution is 5.73. The van der Waals surface area contributed by atoms with Crippen LogP contribution in [0.2, 0.25) is 0 Å². The molecule has 1 saturated heterocycles. The third-order valence-electron chi connectivity index (χ3n) is 2.20. The molecule has 0 radical (unpaired) electrons. The van der Waals surface area contributed by atoms with Gasteiger partial charge in [0.15, 0.2) is 6.61 Å². The molecule has 7 heteroatoms. The molecule has 0 bridgehead atoms. The van der Waals surface area contributed by atoms with Crippen LogP contribution in [0, 0.1) is 0 Å². The molecule has 0 aromatic carbocycles. The topological polar surface area (TPSA) is 88.1 Å². The van der Waals surface area contributed by atoms with Crippen molar-refractivity contribution >= 4 is 12.0 Å². The van der Waals surface area contributed by atoms with Gasteiger partial charge < -0.3 is 14.7 Å². The number of carbonyl (C=O) groups excluding carboxylic acids is 1. The van der Waals surface area contributed by atoms with Gasteiger partial charge in [0.25, 0.3) is 0 Å². The number of hydroxylamine groups is 1. The van der Waals surface area contributed by atoms with Crippen molar-refractivity contribution in [2.75, 3.05) is 26.8 Å². The summed E-state index contributed by atoms with van der Waals surface area (Å²) in [6, 6.07) is -0.475. The van der Waals surface area contributed by atoms with E-state index in [1.54, 1.807) is 7.05 Å². The lowest BCUT2D eigenvalue weighted by molar-refractivity contribution is -0.144. The van der Waals surface area contributed by atoms with Gasteiger partial charge in [0.2, 0.25) is 0 Å². The summed E-state index contributed by atoms with van der Waals surface area (Å²) in [5, 5.41) is 8.28. The second kappa shape index (κ2) is 6.29. The lowest BCUT2D eigenvalue weighted by Gasteiger charge is -2.20. The van der Waals surface area contributed by atoms with Crippen molar-refractivity contribution in [1.82, 2.24) is 10.4 Å². The average molecular weight is 232 g/mol. The SMILES string of the molecule is CN(CC1CCCO1)C(=O)NOCC(=O)O. The summed E-state index contributed by atoms with van der Waals surface area (Å²) in [6.45, 7) is 0.650. The van der Waals surface area contributed by atoms with E-state index >= 15 is 0 Å². The van der Waals surface area contributed by atoms with E-state index in [1.807, 2.05) is 5.48 Å². The molecule has 2 amide bonds. The number of ether oxygens (including phenoxy) is 1. The Hall–Kier alpha value is -1.34. The van der Waals surface area contributed by atoms with Gasteiger partial charge in [-0.15, -0.1) is 0 Å². The number of carbonyl (C=O) groups is 2. The predicted molar refractivity (Wildman–Crippen MR) is 53.7 cm³/mol. The Balaban J connectivity index is 2.16. The molecule has 0 saturated carbocycles. The molecular formula is C9H16N2O5. The number of aliphatic carboxylic acids is 1. The zero-order valence-corrected chi connectivity index (χ0v) is 9.14. The Kier molecular flexibility index (Phi) is 5.00. The quantitative estimate of drug-likeness (QED) is 0.642. The van der Waals surface area contributed by atoms with E-state index in [0.29, 0.717) is 6.54 Å². The lowest BCUT2D eigenvalue weighted by atomic mass is 10.2. The van der Waals surface area contributed by atoms with E-state index < -0.39 is 18.6 Å². The zero-order valence-electron chi connectivity index (χ0n) is 9.14. The van der Waals surface area contributed by atoms with Crippen LogP contribution in [0.1, 0.15) is 12.8 Å². The predicted octanol–water partition coefficient (Wildman–Crippen LogP) is -0.177. The first-order valence-electron chi connectivity index (χ1n) is 5.06. The van der Waals surface area contributed by atoms with E-state index in [1.165, 1.54) is 4.90 Å². The minimum atomic E-state index is -1.14. The number of urea groups is 1. The first-order valence-corrected chi connectivity index (χ1v) is 5.06. The average Bonchev–Trinajstić information content (AvgIpc) is 2.69. The standard InChI is InChI=1S/C9H16N2O5/c1-11(5-7-3-2-4-15-7)9(14)10-16-6-8(12)13/h7H,2-6H2,1H3,(H,10,14)(H,12,13). The highest BCUT2D eigenvalue weighted by atomic mass is 16.7. The van der Waals surface area contributed by atoms with E-state index in [9.17, 15) is 9.59 Å². The molecule has 1 aliphatic heterocycles. The number of nitrogens with zero attached hydrogens (tertiary/aromatic N) is 1. The highest BCUT2D eigenvalue weighted by Gasteiger charge is 2.20. The molecule has 0 aromatic heterocycles. The van der Waals surface area contributed by atoms with E-state index in [2.05, 4.69) is 4.84 Å². The van der Waals surface area contributed by atoms with Crippen molar-refractivity contribution in [2.24, 2.45) is 0 Å². The number of rotatable bonds is 5. The Morgan fingerprint density at radius 2 is 2.38 bits per heavy atom. The van der Waals surface area contributed by atoms with Crippen molar-refractivity contribution in [3.63, 3.8) is 0 Å². The molecule has 16 heavy (non-hydrogen) atoms. The molecular weight excluding hydrogens is 216 g/mol. The number of carboxylic acid groups (broad SMARTS) is 1. The summed E-state index contributed by atoms with van der Waals surface area (Å²) in [7, 11) is 1.60. The van der Waals surface area contributed by atoms with Gasteiger partial charge in [-0.3, -0.25) is 4.84 Å². The second-order valence-corrected chi connectivity index (χ2v) is 3.61. The van der Waals surface area contributed by atoms with Crippen molar-refractivity contribution in [1.29, 1.82) is 0 Å². The number of likely N-dealkylation sites (N-methyl/N-ethyl adjacent to an activating group) is 1. The molecule has 1 aliphatic rings. The van der Waals surface area contributed by atoms with Gasteiger partial charge in [-0.25, -0.2) is 15.1 Å². The van der Waals surface area contributed by atoms with Crippen molar-refractivity contribution in [3.8, 4) is 0 Å². The third kappa shape index (κ3) is 4.45. The summed E-state index contributed by atoms with van der Waals surface area (Å²) >= 11 is 0. The molecule has 0 spiro atoms. The van der Waals surface area contributed by atoms with Crippen LogP contribution >= 0.6 is 0 Å². The normalized spacial score (nSPS) is 19.4. The van der Waals surface area contributed by atoms with Crippen LogP contribution in [-0.2, 0) is 14.4 Å². The molecule has 1 atom stereocenters. The van der Waals surface area contributed by atoms with Gasteiger partial charge in [-0.1, -0.05) is 0 Å². The van der Waals surface area contributed by atoms with E-state index in [-0.39, 0.29) is 6.10 Å². The Morgan fingerprint density at radius 3 is 2.94 bits per heavy atom. The summed E-state index contributed by atoms with van der Waals surface area (Å²) in [5.41, 5.74) is 2.04. The maximum atomic E-state index is 11.4. The summed E-state index contributed by atoms with van der Waals surface area (Å²) in [4.78, 5) is 27.3. The Morgan fingerprint density at radius 1 is 1.62 bits per heavy atom. The molecule has 1 fully saturated rings. The molecule has 1 heterocycles. The fourth-order valence-electron chi connectivity index (χ4n) is 1.41. The molecule has 0 aliphatic carbocycles. The molecule has 2 N–H and O–H groups in total. The van der Waals surface area contributed by atoms with Crippen molar-refractivity contribution in [2.45, 2.75) is 18.9 Å². The molecule has 1 unspecified atom stereocenters. The van der Waals surface area contributed by atoms with Crippen LogP contribution in [0.3, 0.4) is 0 Å². The zero-order chi connectivity index (χ0) is 12.0. The first kappa shape index (κ1) is 12.7. The highest BCUT2D eigenvalue weighted by Crippen LogP contribution is 2.12. The number of hydrogen-bond donors (Lipinski definition) is 2. The molecule has 92 valence electrons. The van der Waals surface area contributed by atoms with Crippen LogP contribution in [0.25, 0.3) is 0 Å². The molecule has 7 nitrogen and oxygen atoms in total. The lowest BCUT2D eigenvalue weighted by Crippen LogP contribution is -2.41. The van der Waals surface area contributed by atoms with Gasteiger partial charge in [0.1, 0.15) is 0 Å². The van der Waals surface area contributed by atoms with Crippen LogP contribution in [-0.4, -0.2) is 54.9 Å². The molecule has 0 aromatic rings. The van der Waals surface area contributed by atoms with Gasteiger partial charge in [0.05, 0.1) is 6.10 Å². The first-order chi connectivity index (χ1) is 7.59. The van der Waals surface area contributed by atoms with Crippen molar-refractivity contribution in [3.05, 3.63) is 0 Å². The van der Waals surface area contributed by atoms with Crippen LogP contribution in [0.15, 0.2) is 0 Å². The largest absolute Gasteiger partial charge is 0.479 e. The summed E-state index contributed by atoms with van der Waals surface area (Å²) in [5.74, 6) is -1.14. The van der Waals surface area contributed by atoms with Crippen molar-refractivity contribution < 1.29 is 24.3 Å². The molecule has 1 rings (SSSR count). The number of amides is 2. The van der Waals surface area contributed by atoms with E-state index in [4.69, 9.17) is 9.84 Å². The third-order valence-corrected chi connectivity index (χ3v) is 2.20. The maximum absolute atomic E-state index is 11.4. The van der Waals surface area contributed by atoms with Gasteiger partial charge in [-0.05, 0) is 12.8 Å². The van der Waals surface area contributed by atoms with Gasteiger partial charge in [-0.2, -0.15) is 0 Å². The van der Waals surface area contributed by atoms with Gasteiger partial charge in [0, 0.05) is 20.2 Å². The Bertz CT molecular complexity index is 252. The second-order valence-electron chi connectivity index (χ2n) is 3.61. The fourth-order valence-corrected chi connectivity index (χ4v) is 1.41. The minimum absolute atomic E-state index is 0.0650. The van der Waals surface area contributed by atoms with Crippen LogP contribution in [0.4, 0.5) is 4.79 Å². The monoisotopic (exact) mass is 232 g/mol. The number of carboxylic acids is 1. The smallest absolute Gasteiger partial charge is 0.341 e. The number of hydrogen-bond acceptors (Lipinski definition) is 4. The summed E-state index contributed by atoms with van der Waals surface area (Å²) in [6.07, 6.45) is 2.01. The maximum Gasteiger partial charge on any atom is 0.341 e. The fraction of sp³-hybridized carbons (Fsp3) is 0.778. The van der Waals surface area contributed by atoms with E-state index in [0.717, 1.165) is 19.4 Å². The number of nitrogens with one attached hydrogen (secondary N) is 1.